The Balaban J connectivity index is 2.12. The van der Waals surface area contributed by atoms with Crippen LogP contribution in [0.5, 0.6) is 5.75 Å². The molecule has 0 aliphatic carbocycles. The largest absolute Gasteiger partial charge is 0.507 e. The summed E-state index contributed by atoms with van der Waals surface area (Å²) in [5.74, 6) is -1.06. The van der Waals surface area contributed by atoms with Crippen molar-refractivity contribution >= 4 is 17.4 Å². The first-order valence-corrected chi connectivity index (χ1v) is 9.18. The van der Waals surface area contributed by atoms with Gasteiger partial charge in [0, 0.05) is 12.1 Å². The number of ether oxygens (including phenoxy) is 1. The van der Waals surface area contributed by atoms with E-state index in [0.29, 0.717) is 23.5 Å². The molecule has 1 fully saturated rings. The van der Waals surface area contributed by atoms with Gasteiger partial charge < -0.3 is 19.8 Å². The van der Waals surface area contributed by atoms with Gasteiger partial charge in [-0.1, -0.05) is 42.5 Å². The molecule has 6 nitrogen and oxygen atoms in total. The first kappa shape index (κ1) is 19.6. The van der Waals surface area contributed by atoms with Gasteiger partial charge in [0.2, 0.25) is 0 Å². The van der Waals surface area contributed by atoms with Crippen molar-refractivity contribution in [3.63, 3.8) is 0 Å². The quantitative estimate of drug-likeness (QED) is 0.456. The fourth-order valence-corrected chi connectivity index (χ4v) is 3.36. The van der Waals surface area contributed by atoms with Crippen LogP contribution in [0.2, 0.25) is 0 Å². The molecule has 3 rings (SSSR count). The Hall–Kier alpha value is -3.12. The van der Waals surface area contributed by atoms with Crippen LogP contribution >= 0.6 is 0 Å². The standard InChI is InChI=1S/C22H23NO5/c1-3-28-17-11-9-15(10-12-17)19-18(20(25)16-7-5-4-6-8-16)21(26)22(27)23(19)13-14(2)24/h4-12,14,19,24-25H,3,13H2,1-2H3/t14-,19-/m1/s1. The summed E-state index contributed by atoms with van der Waals surface area (Å²) in [7, 11) is 0. The molecule has 2 N–H and O–H groups in total. The van der Waals surface area contributed by atoms with Crippen LogP contribution < -0.4 is 4.74 Å². The van der Waals surface area contributed by atoms with E-state index < -0.39 is 23.8 Å². The minimum absolute atomic E-state index is 0.0148. The number of amides is 1. The van der Waals surface area contributed by atoms with Crippen molar-refractivity contribution in [1.82, 2.24) is 4.90 Å². The van der Waals surface area contributed by atoms with Gasteiger partial charge in [0.15, 0.2) is 0 Å². The Labute approximate surface area is 163 Å². The number of likely N-dealkylation sites (tertiary alicyclic amines) is 1. The summed E-state index contributed by atoms with van der Waals surface area (Å²) in [6.45, 7) is 3.93. The number of hydrogen-bond acceptors (Lipinski definition) is 5. The Morgan fingerprint density at radius 3 is 2.32 bits per heavy atom. The first-order chi connectivity index (χ1) is 13.4. The van der Waals surface area contributed by atoms with E-state index in [9.17, 15) is 19.8 Å². The van der Waals surface area contributed by atoms with E-state index in [2.05, 4.69) is 0 Å². The Morgan fingerprint density at radius 2 is 1.75 bits per heavy atom. The van der Waals surface area contributed by atoms with Crippen molar-refractivity contribution in [3.05, 3.63) is 71.3 Å². The van der Waals surface area contributed by atoms with Gasteiger partial charge in [0.1, 0.15) is 11.5 Å². The van der Waals surface area contributed by atoms with Crippen LogP contribution in [-0.4, -0.2) is 46.1 Å². The van der Waals surface area contributed by atoms with Gasteiger partial charge >= 0.3 is 0 Å². The molecule has 2 atom stereocenters. The summed E-state index contributed by atoms with van der Waals surface area (Å²) < 4.78 is 5.45. The maximum atomic E-state index is 12.7. The lowest BCUT2D eigenvalue weighted by Crippen LogP contribution is -2.35. The van der Waals surface area contributed by atoms with Crippen LogP contribution in [0, 0.1) is 0 Å². The first-order valence-electron chi connectivity index (χ1n) is 9.18. The van der Waals surface area contributed by atoms with Crippen LogP contribution in [0.1, 0.15) is 31.0 Å². The molecule has 146 valence electrons. The van der Waals surface area contributed by atoms with Gasteiger partial charge in [-0.05, 0) is 31.5 Å². The van der Waals surface area contributed by atoms with E-state index in [1.165, 1.54) is 4.90 Å². The molecule has 0 bridgehead atoms. The number of aliphatic hydroxyl groups excluding tert-OH is 2. The lowest BCUT2D eigenvalue weighted by Gasteiger charge is -2.26. The van der Waals surface area contributed by atoms with E-state index in [-0.39, 0.29) is 17.9 Å². The molecule has 0 unspecified atom stereocenters. The second-order valence-electron chi connectivity index (χ2n) is 6.67. The summed E-state index contributed by atoms with van der Waals surface area (Å²) in [6, 6.07) is 14.9. The molecule has 2 aromatic carbocycles. The zero-order chi connectivity index (χ0) is 20.3. The number of hydrogen-bond donors (Lipinski definition) is 2. The zero-order valence-corrected chi connectivity index (χ0v) is 15.8. The average Bonchev–Trinajstić information content (AvgIpc) is 2.93. The molecule has 1 amide bonds. The molecule has 0 radical (unpaired) electrons. The minimum Gasteiger partial charge on any atom is -0.507 e. The minimum atomic E-state index is -0.819. The van der Waals surface area contributed by atoms with Gasteiger partial charge in [-0.25, -0.2) is 0 Å². The molecule has 1 aliphatic heterocycles. The average molecular weight is 381 g/mol. The number of Topliss-reactive ketones (excluding diaryl/α,β-unsaturated/α-hetero) is 1. The Bertz CT molecular complexity index is 887. The number of β-amino-alcohol motifs (C(OH)–C–C–N with tert-alkyl or cyclic N) is 1. The molecule has 0 spiro atoms. The molecular formula is C22H23NO5. The lowest BCUT2D eigenvalue weighted by atomic mass is 9.95. The highest BCUT2D eigenvalue weighted by Crippen LogP contribution is 2.39. The van der Waals surface area contributed by atoms with Crippen molar-refractivity contribution in [1.29, 1.82) is 0 Å². The Morgan fingerprint density at radius 1 is 1.11 bits per heavy atom. The van der Waals surface area contributed by atoms with Crippen LogP contribution in [0.15, 0.2) is 60.2 Å². The van der Waals surface area contributed by atoms with Gasteiger partial charge in [-0.15, -0.1) is 0 Å². The van der Waals surface area contributed by atoms with Gasteiger partial charge in [0.05, 0.1) is 24.3 Å². The second-order valence-corrected chi connectivity index (χ2v) is 6.67. The highest BCUT2D eigenvalue weighted by molar-refractivity contribution is 6.46. The molecule has 1 saturated heterocycles. The molecular weight excluding hydrogens is 358 g/mol. The highest BCUT2D eigenvalue weighted by Gasteiger charge is 2.46. The van der Waals surface area contributed by atoms with Gasteiger partial charge in [0.25, 0.3) is 11.7 Å². The van der Waals surface area contributed by atoms with Crippen molar-refractivity contribution in [2.24, 2.45) is 0 Å². The number of ketones is 1. The van der Waals surface area contributed by atoms with Crippen molar-refractivity contribution in [2.45, 2.75) is 26.0 Å². The SMILES string of the molecule is CCOc1ccc([C@@H]2C(=C(O)c3ccccc3)C(=O)C(=O)N2C[C@@H](C)O)cc1. The second kappa shape index (κ2) is 8.27. The summed E-state index contributed by atoms with van der Waals surface area (Å²) in [5, 5.41) is 20.7. The highest BCUT2D eigenvalue weighted by atomic mass is 16.5. The molecule has 1 heterocycles. The third-order valence-corrected chi connectivity index (χ3v) is 4.55. The summed E-state index contributed by atoms with van der Waals surface area (Å²) in [4.78, 5) is 26.7. The van der Waals surface area contributed by atoms with Crippen LogP contribution in [0.4, 0.5) is 0 Å². The number of rotatable bonds is 6. The van der Waals surface area contributed by atoms with Crippen molar-refractivity contribution < 1.29 is 24.5 Å². The summed E-state index contributed by atoms with van der Waals surface area (Å²) in [5.41, 5.74) is 1.12. The third-order valence-electron chi connectivity index (χ3n) is 4.55. The zero-order valence-electron chi connectivity index (χ0n) is 15.8. The molecule has 0 saturated carbocycles. The molecule has 1 aliphatic rings. The van der Waals surface area contributed by atoms with Gasteiger partial charge in [-0.3, -0.25) is 9.59 Å². The van der Waals surface area contributed by atoms with Crippen LogP contribution in [0.3, 0.4) is 0 Å². The van der Waals surface area contributed by atoms with E-state index in [4.69, 9.17) is 4.74 Å². The van der Waals surface area contributed by atoms with E-state index >= 15 is 0 Å². The topological polar surface area (TPSA) is 87.1 Å². The maximum Gasteiger partial charge on any atom is 0.295 e. The predicted octanol–water partition coefficient (Wildman–Crippen LogP) is 2.89. The lowest BCUT2D eigenvalue weighted by molar-refractivity contribution is -0.140. The van der Waals surface area contributed by atoms with E-state index in [1.54, 1.807) is 61.5 Å². The molecule has 6 heteroatoms. The molecule has 2 aromatic rings. The fourth-order valence-electron chi connectivity index (χ4n) is 3.36. The molecule has 28 heavy (non-hydrogen) atoms. The van der Waals surface area contributed by atoms with Gasteiger partial charge in [-0.2, -0.15) is 0 Å². The smallest absolute Gasteiger partial charge is 0.295 e. The van der Waals surface area contributed by atoms with E-state index in [1.807, 2.05) is 6.92 Å². The fraction of sp³-hybridized carbons (Fsp3) is 0.273. The molecule has 0 aromatic heterocycles. The monoisotopic (exact) mass is 381 g/mol. The Kier molecular flexibility index (Phi) is 5.80. The number of carbonyl (C=O) groups is 2. The maximum absolute atomic E-state index is 12.7. The van der Waals surface area contributed by atoms with Crippen molar-refractivity contribution in [2.75, 3.05) is 13.2 Å². The van der Waals surface area contributed by atoms with Crippen LogP contribution in [-0.2, 0) is 9.59 Å². The normalized spacial score (nSPS) is 19.7. The van der Waals surface area contributed by atoms with E-state index in [0.717, 1.165) is 0 Å². The van der Waals surface area contributed by atoms with Crippen molar-refractivity contribution in [3.8, 4) is 5.75 Å². The predicted molar refractivity (Wildman–Crippen MR) is 105 cm³/mol. The number of aliphatic hydroxyl groups is 2. The summed E-state index contributed by atoms with van der Waals surface area (Å²) in [6.07, 6.45) is -0.819. The van der Waals surface area contributed by atoms with Crippen LogP contribution in [0.25, 0.3) is 5.76 Å². The third kappa shape index (κ3) is 3.77. The number of nitrogens with zero attached hydrogens (tertiary/aromatic N) is 1. The number of carbonyl (C=O) groups excluding carboxylic acids is 2. The number of benzene rings is 2. The summed E-state index contributed by atoms with van der Waals surface area (Å²) >= 11 is 0.